The predicted molar refractivity (Wildman–Crippen MR) is 73.6 cm³/mol. The summed E-state index contributed by atoms with van der Waals surface area (Å²) in [6, 6.07) is 5.17. The molecule has 1 aliphatic heterocycles. The van der Waals surface area contributed by atoms with E-state index in [9.17, 15) is 18.0 Å². The number of likely N-dealkylation sites (N-methyl/N-ethyl adjacent to an activating group) is 1. The third-order valence-electron chi connectivity index (χ3n) is 3.72. The standard InChI is InChI=1S/C15H19F3N2O/c1-19(2)13(11-4-3-5-12(16)10-11)14(21)20-8-6-15(17,18)7-9-20/h3-5,10,13H,6-9H2,1-2H3/t13-/m0/s1. The summed E-state index contributed by atoms with van der Waals surface area (Å²) in [5.41, 5.74) is 0.530. The number of carbonyl (C=O) groups is 1. The summed E-state index contributed by atoms with van der Waals surface area (Å²) < 4.78 is 39.7. The first-order valence-corrected chi connectivity index (χ1v) is 6.89. The van der Waals surface area contributed by atoms with Crippen molar-refractivity contribution in [1.29, 1.82) is 0 Å². The topological polar surface area (TPSA) is 23.6 Å². The minimum absolute atomic E-state index is 0.0332. The van der Waals surface area contributed by atoms with Crippen molar-refractivity contribution in [2.24, 2.45) is 0 Å². The number of hydrogen-bond acceptors (Lipinski definition) is 2. The van der Waals surface area contributed by atoms with Crippen LogP contribution in [0.25, 0.3) is 0 Å². The Morgan fingerprint density at radius 2 is 1.90 bits per heavy atom. The average Bonchev–Trinajstić information content (AvgIpc) is 2.38. The van der Waals surface area contributed by atoms with Crippen molar-refractivity contribution in [1.82, 2.24) is 9.80 Å². The molecule has 21 heavy (non-hydrogen) atoms. The second-order valence-corrected chi connectivity index (χ2v) is 5.60. The molecule has 116 valence electrons. The van der Waals surface area contributed by atoms with Crippen LogP contribution in [0.15, 0.2) is 24.3 Å². The molecule has 0 aromatic heterocycles. The van der Waals surface area contributed by atoms with Crippen molar-refractivity contribution in [3.05, 3.63) is 35.6 Å². The summed E-state index contributed by atoms with van der Waals surface area (Å²) in [6.07, 6.45) is -0.635. The highest BCUT2D eigenvalue weighted by Gasteiger charge is 2.38. The summed E-state index contributed by atoms with van der Waals surface area (Å²) in [5, 5.41) is 0. The maximum atomic E-state index is 13.4. The zero-order valence-electron chi connectivity index (χ0n) is 12.2. The van der Waals surface area contributed by atoms with Gasteiger partial charge in [0.25, 0.3) is 5.92 Å². The number of piperidine rings is 1. The minimum Gasteiger partial charge on any atom is -0.341 e. The van der Waals surface area contributed by atoms with Crippen molar-refractivity contribution < 1.29 is 18.0 Å². The second kappa shape index (κ2) is 6.05. The molecule has 2 rings (SSSR count). The van der Waals surface area contributed by atoms with E-state index in [1.54, 1.807) is 31.1 Å². The summed E-state index contributed by atoms with van der Waals surface area (Å²) in [6.45, 7) is 0.0664. The zero-order valence-corrected chi connectivity index (χ0v) is 12.2. The van der Waals surface area contributed by atoms with Crippen LogP contribution in [0.2, 0.25) is 0 Å². The van der Waals surface area contributed by atoms with Crippen LogP contribution in [0, 0.1) is 5.82 Å². The third-order valence-corrected chi connectivity index (χ3v) is 3.72. The van der Waals surface area contributed by atoms with E-state index >= 15 is 0 Å². The van der Waals surface area contributed by atoms with Gasteiger partial charge in [-0.3, -0.25) is 9.69 Å². The van der Waals surface area contributed by atoms with Gasteiger partial charge in [0.1, 0.15) is 11.9 Å². The third kappa shape index (κ3) is 3.75. The lowest BCUT2D eigenvalue weighted by atomic mass is 10.0. The summed E-state index contributed by atoms with van der Waals surface area (Å²) >= 11 is 0. The van der Waals surface area contributed by atoms with Crippen molar-refractivity contribution in [3.63, 3.8) is 0 Å². The molecule has 0 unspecified atom stereocenters. The van der Waals surface area contributed by atoms with Crippen LogP contribution in [-0.2, 0) is 4.79 Å². The first kappa shape index (κ1) is 15.8. The van der Waals surface area contributed by atoms with E-state index in [1.807, 2.05) is 0 Å². The van der Waals surface area contributed by atoms with Gasteiger partial charge in [-0.2, -0.15) is 0 Å². The number of benzene rings is 1. The number of nitrogens with zero attached hydrogens (tertiary/aromatic N) is 2. The highest BCUT2D eigenvalue weighted by molar-refractivity contribution is 5.83. The van der Waals surface area contributed by atoms with E-state index < -0.39 is 17.8 Å². The molecule has 1 atom stereocenters. The van der Waals surface area contributed by atoms with Gasteiger partial charge in [0.05, 0.1) is 0 Å². The van der Waals surface area contributed by atoms with Crippen molar-refractivity contribution in [2.75, 3.05) is 27.2 Å². The molecule has 0 N–H and O–H groups in total. The average molecular weight is 300 g/mol. The Morgan fingerprint density at radius 1 is 1.29 bits per heavy atom. The van der Waals surface area contributed by atoms with Gasteiger partial charge in [-0.05, 0) is 31.8 Å². The quantitative estimate of drug-likeness (QED) is 0.857. The van der Waals surface area contributed by atoms with Gasteiger partial charge in [-0.1, -0.05) is 12.1 Å². The molecule has 0 bridgehead atoms. The Hall–Kier alpha value is -1.56. The predicted octanol–water partition coefficient (Wildman–Crippen LogP) is 2.69. The zero-order chi connectivity index (χ0) is 15.6. The van der Waals surface area contributed by atoms with Gasteiger partial charge < -0.3 is 4.90 Å². The molecular weight excluding hydrogens is 281 g/mol. The highest BCUT2D eigenvalue weighted by atomic mass is 19.3. The van der Waals surface area contributed by atoms with Gasteiger partial charge >= 0.3 is 0 Å². The molecular formula is C15H19F3N2O. The van der Waals surface area contributed by atoms with Crippen molar-refractivity contribution in [2.45, 2.75) is 24.8 Å². The van der Waals surface area contributed by atoms with Crippen LogP contribution in [-0.4, -0.2) is 48.8 Å². The number of carbonyl (C=O) groups excluding carboxylic acids is 1. The van der Waals surface area contributed by atoms with Crippen LogP contribution < -0.4 is 0 Å². The van der Waals surface area contributed by atoms with Crippen molar-refractivity contribution in [3.8, 4) is 0 Å². The van der Waals surface area contributed by atoms with Crippen LogP contribution in [0.4, 0.5) is 13.2 Å². The number of alkyl halides is 2. The van der Waals surface area contributed by atoms with E-state index in [1.165, 1.54) is 17.0 Å². The molecule has 1 aromatic carbocycles. The fraction of sp³-hybridized carbons (Fsp3) is 0.533. The molecule has 1 heterocycles. The van der Waals surface area contributed by atoms with Crippen LogP contribution in [0.5, 0.6) is 0 Å². The second-order valence-electron chi connectivity index (χ2n) is 5.60. The van der Waals surface area contributed by atoms with Gasteiger partial charge in [0, 0.05) is 25.9 Å². The number of likely N-dealkylation sites (tertiary alicyclic amines) is 1. The normalized spacial score (nSPS) is 19.6. The minimum atomic E-state index is -2.69. The van der Waals surface area contributed by atoms with E-state index in [4.69, 9.17) is 0 Å². The maximum Gasteiger partial charge on any atom is 0.251 e. The lowest BCUT2D eigenvalue weighted by Gasteiger charge is -2.35. The molecule has 1 saturated heterocycles. The fourth-order valence-corrected chi connectivity index (χ4v) is 2.57. The Labute approximate surface area is 122 Å². The molecule has 3 nitrogen and oxygen atoms in total. The van der Waals surface area contributed by atoms with Crippen LogP contribution in [0.3, 0.4) is 0 Å². The molecule has 0 spiro atoms. The first-order chi connectivity index (χ1) is 9.80. The van der Waals surface area contributed by atoms with E-state index in [0.717, 1.165) is 0 Å². The molecule has 1 amide bonds. The van der Waals surface area contributed by atoms with E-state index in [0.29, 0.717) is 5.56 Å². The Kier molecular flexibility index (Phi) is 4.56. The number of hydrogen-bond donors (Lipinski definition) is 0. The maximum absolute atomic E-state index is 13.4. The number of rotatable bonds is 3. The first-order valence-electron chi connectivity index (χ1n) is 6.89. The van der Waals surface area contributed by atoms with E-state index in [2.05, 4.69) is 0 Å². The van der Waals surface area contributed by atoms with Crippen molar-refractivity contribution >= 4 is 5.91 Å². The van der Waals surface area contributed by atoms with E-state index in [-0.39, 0.29) is 31.8 Å². The molecule has 1 aromatic rings. The van der Waals surface area contributed by atoms with Crippen LogP contribution in [0.1, 0.15) is 24.4 Å². The molecule has 1 fully saturated rings. The van der Waals surface area contributed by atoms with Gasteiger partial charge in [0.2, 0.25) is 5.91 Å². The Balaban J connectivity index is 2.17. The number of amides is 1. The van der Waals surface area contributed by atoms with Gasteiger partial charge in [-0.25, -0.2) is 13.2 Å². The lowest BCUT2D eigenvalue weighted by Crippen LogP contribution is -2.47. The molecule has 1 aliphatic rings. The smallest absolute Gasteiger partial charge is 0.251 e. The Morgan fingerprint density at radius 3 is 2.43 bits per heavy atom. The highest BCUT2D eigenvalue weighted by Crippen LogP contribution is 2.30. The fourth-order valence-electron chi connectivity index (χ4n) is 2.57. The summed E-state index contributed by atoms with van der Waals surface area (Å²) in [7, 11) is 3.43. The molecule has 0 radical (unpaired) electrons. The molecule has 0 aliphatic carbocycles. The molecule has 6 heteroatoms. The Bertz CT molecular complexity index is 509. The largest absolute Gasteiger partial charge is 0.341 e. The lowest BCUT2D eigenvalue weighted by molar-refractivity contribution is -0.142. The molecule has 0 saturated carbocycles. The van der Waals surface area contributed by atoms with Gasteiger partial charge in [-0.15, -0.1) is 0 Å². The van der Waals surface area contributed by atoms with Crippen LogP contribution >= 0.6 is 0 Å². The summed E-state index contributed by atoms with van der Waals surface area (Å²) in [5.74, 6) is -3.37. The monoisotopic (exact) mass is 300 g/mol. The summed E-state index contributed by atoms with van der Waals surface area (Å²) in [4.78, 5) is 15.7. The SMILES string of the molecule is CN(C)[C@H](C(=O)N1CCC(F)(F)CC1)c1cccc(F)c1. The van der Waals surface area contributed by atoms with Gasteiger partial charge in [0.15, 0.2) is 0 Å². The number of halogens is 3.